The molecule has 0 heterocycles. The molecule has 0 aromatic carbocycles. The predicted octanol–water partition coefficient (Wildman–Crippen LogP) is -8.89. The SMILES string of the molecule is O.O=C(O)CN(CCN(CC(=O)O)CC(=O)O)CC(=O)O.[K+].[K+]. The first kappa shape index (κ1) is 31.8. The van der Waals surface area contributed by atoms with Crippen molar-refractivity contribution >= 4 is 23.9 Å². The van der Waals surface area contributed by atoms with Crippen molar-refractivity contribution in [3.05, 3.63) is 0 Å². The van der Waals surface area contributed by atoms with Gasteiger partial charge in [-0.3, -0.25) is 29.0 Å². The van der Waals surface area contributed by atoms with Crippen LogP contribution in [-0.2, 0) is 19.2 Å². The van der Waals surface area contributed by atoms with E-state index < -0.39 is 50.1 Å². The number of rotatable bonds is 11. The van der Waals surface area contributed by atoms with Crippen molar-refractivity contribution in [1.29, 1.82) is 0 Å². The molecule has 0 saturated heterocycles. The van der Waals surface area contributed by atoms with Gasteiger partial charge in [-0.05, 0) is 0 Å². The van der Waals surface area contributed by atoms with Crippen LogP contribution in [0.2, 0.25) is 0 Å². The van der Waals surface area contributed by atoms with Crippen LogP contribution in [0.15, 0.2) is 0 Å². The summed E-state index contributed by atoms with van der Waals surface area (Å²) in [6, 6.07) is 0. The van der Waals surface area contributed by atoms with Crippen LogP contribution in [0.5, 0.6) is 0 Å². The van der Waals surface area contributed by atoms with E-state index >= 15 is 0 Å². The van der Waals surface area contributed by atoms with Crippen LogP contribution in [0.3, 0.4) is 0 Å². The molecular formula is C10H18K2N2O9+2. The van der Waals surface area contributed by atoms with Crippen LogP contribution in [0.4, 0.5) is 0 Å². The smallest absolute Gasteiger partial charge is 0.480 e. The summed E-state index contributed by atoms with van der Waals surface area (Å²) in [4.78, 5) is 44.4. The van der Waals surface area contributed by atoms with Crippen molar-refractivity contribution in [1.82, 2.24) is 9.80 Å². The summed E-state index contributed by atoms with van der Waals surface area (Å²) in [5, 5.41) is 34.5. The molecule has 0 aliphatic heterocycles. The second kappa shape index (κ2) is 17.8. The maximum atomic E-state index is 10.6. The Hall–Kier alpha value is 1.03. The molecule has 0 aromatic rings. The summed E-state index contributed by atoms with van der Waals surface area (Å²) in [7, 11) is 0. The molecule has 0 aliphatic carbocycles. The molecule has 122 valence electrons. The van der Waals surface area contributed by atoms with E-state index in [4.69, 9.17) is 20.4 Å². The molecule has 13 heteroatoms. The minimum absolute atomic E-state index is 0. The Bertz CT molecular complexity index is 327. The Morgan fingerprint density at radius 3 is 0.870 bits per heavy atom. The van der Waals surface area contributed by atoms with Crippen LogP contribution in [0, 0.1) is 0 Å². The van der Waals surface area contributed by atoms with E-state index in [-0.39, 0.29) is 121 Å². The van der Waals surface area contributed by atoms with Crippen molar-refractivity contribution in [2.45, 2.75) is 0 Å². The number of carboxylic acid groups (broad SMARTS) is 4. The zero-order valence-electron chi connectivity index (χ0n) is 13.1. The van der Waals surface area contributed by atoms with Gasteiger partial charge in [0.05, 0.1) is 26.2 Å². The van der Waals surface area contributed by atoms with Crippen LogP contribution in [-0.4, -0.2) is 98.8 Å². The van der Waals surface area contributed by atoms with E-state index in [0.717, 1.165) is 9.80 Å². The largest absolute Gasteiger partial charge is 1.00 e. The Kier molecular flexibility index (Phi) is 24.6. The van der Waals surface area contributed by atoms with E-state index in [1.54, 1.807) is 0 Å². The molecular weight excluding hydrogens is 370 g/mol. The van der Waals surface area contributed by atoms with Crippen molar-refractivity contribution in [3.63, 3.8) is 0 Å². The molecule has 0 atom stereocenters. The molecule has 0 aliphatic rings. The van der Waals surface area contributed by atoms with Gasteiger partial charge in [0, 0.05) is 13.1 Å². The first-order chi connectivity index (χ1) is 9.20. The van der Waals surface area contributed by atoms with Gasteiger partial charge >= 0.3 is 127 Å². The van der Waals surface area contributed by atoms with Crippen molar-refractivity contribution in [2.75, 3.05) is 39.3 Å². The minimum Gasteiger partial charge on any atom is -0.480 e. The third-order valence-electron chi connectivity index (χ3n) is 2.17. The van der Waals surface area contributed by atoms with E-state index in [9.17, 15) is 19.2 Å². The van der Waals surface area contributed by atoms with E-state index in [1.165, 1.54) is 0 Å². The fourth-order valence-corrected chi connectivity index (χ4v) is 1.48. The van der Waals surface area contributed by atoms with Gasteiger partial charge in [-0.2, -0.15) is 0 Å². The molecule has 0 fully saturated rings. The third-order valence-corrected chi connectivity index (χ3v) is 2.17. The normalized spacial score (nSPS) is 9.30. The number of carbonyl (C=O) groups is 4. The Morgan fingerprint density at radius 2 is 0.739 bits per heavy atom. The van der Waals surface area contributed by atoms with Gasteiger partial charge in [0.15, 0.2) is 0 Å². The second-order valence-corrected chi connectivity index (χ2v) is 4.00. The van der Waals surface area contributed by atoms with E-state index in [0.29, 0.717) is 0 Å². The quantitative estimate of drug-likeness (QED) is 0.247. The van der Waals surface area contributed by atoms with Crippen LogP contribution in [0.25, 0.3) is 0 Å². The summed E-state index contributed by atoms with van der Waals surface area (Å²) in [6.07, 6.45) is 0. The molecule has 23 heavy (non-hydrogen) atoms. The zero-order valence-corrected chi connectivity index (χ0v) is 19.3. The Balaban J connectivity index is -0.000000602. The maximum absolute atomic E-state index is 10.6. The molecule has 6 N–H and O–H groups in total. The van der Waals surface area contributed by atoms with Crippen LogP contribution >= 0.6 is 0 Å². The molecule has 0 radical (unpaired) electrons. The zero-order chi connectivity index (χ0) is 15.7. The molecule has 0 unspecified atom stereocenters. The molecule has 0 amide bonds. The van der Waals surface area contributed by atoms with Gasteiger partial charge in [0.2, 0.25) is 0 Å². The molecule has 0 aromatic heterocycles. The van der Waals surface area contributed by atoms with Gasteiger partial charge in [0.1, 0.15) is 0 Å². The average Bonchev–Trinajstić information content (AvgIpc) is 2.22. The summed E-state index contributed by atoms with van der Waals surface area (Å²) in [5.41, 5.74) is 0. The molecule has 0 saturated carbocycles. The maximum Gasteiger partial charge on any atom is 1.00 e. The van der Waals surface area contributed by atoms with Crippen molar-refractivity contribution in [2.24, 2.45) is 0 Å². The monoisotopic (exact) mass is 388 g/mol. The molecule has 0 spiro atoms. The first-order valence-electron chi connectivity index (χ1n) is 5.52. The third kappa shape index (κ3) is 21.0. The standard InChI is InChI=1S/C10H16N2O8.2K.H2O/c13-7(14)3-11(4-8(15)16)1-2-12(5-9(17)18)6-10(19)20;;;/h1-6H2,(H,13,14)(H,15,16)(H,17,18)(H,19,20);;;1H2/q;2*+1;. The second-order valence-electron chi connectivity index (χ2n) is 4.00. The van der Waals surface area contributed by atoms with E-state index in [1.807, 2.05) is 0 Å². The first-order valence-corrected chi connectivity index (χ1v) is 5.52. The van der Waals surface area contributed by atoms with Crippen LogP contribution in [0.1, 0.15) is 0 Å². The summed E-state index contributed by atoms with van der Waals surface area (Å²) in [5.74, 6) is -4.91. The molecule has 0 bridgehead atoms. The topological polar surface area (TPSA) is 187 Å². The number of hydrogen-bond acceptors (Lipinski definition) is 6. The Labute approximate surface area is 217 Å². The fraction of sp³-hybridized carbons (Fsp3) is 0.600. The van der Waals surface area contributed by atoms with Crippen molar-refractivity contribution in [3.8, 4) is 0 Å². The average molecular weight is 388 g/mol. The fourth-order valence-electron chi connectivity index (χ4n) is 1.48. The predicted molar refractivity (Wildman–Crippen MR) is 67.0 cm³/mol. The molecule has 0 rings (SSSR count). The summed E-state index contributed by atoms with van der Waals surface area (Å²) < 4.78 is 0. The van der Waals surface area contributed by atoms with Gasteiger partial charge in [0.25, 0.3) is 0 Å². The van der Waals surface area contributed by atoms with Crippen LogP contribution < -0.4 is 103 Å². The Morgan fingerprint density at radius 1 is 0.565 bits per heavy atom. The number of carboxylic acids is 4. The molecule has 11 nitrogen and oxygen atoms in total. The van der Waals surface area contributed by atoms with Gasteiger partial charge < -0.3 is 25.9 Å². The van der Waals surface area contributed by atoms with Gasteiger partial charge in [-0.25, -0.2) is 0 Å². The van der Waals surface area contributed by atoms with E-state index in [2.05, 4.69) is 0 Å². The summed E-state index contributed by atoms with van der Waals surface area (Å²) >= 11 is 0. The number of aliphatic carboxylic acids is 4. The van der Waals surface area contributed by atoms with Crippen molar-refractivity contribution < 1.29 is 148 Å². The number of nitrogens with zero attached hydrogens (tertiary/aromatic N) is 2. The number of hydrogen-bond donors (Lipinski definition) is 4. The minimum atomic E-state index is -1.23. The summed E-state index contributed by atoms with van der Waals surface area (Å²) in [6.45, 7) is -2.25. The van der Waals surface area contributed by atoms with Gasteiger partial charge in [-0.15, -0.1) is 0 Å². The van der Waals surface area contributed by atoms with Gasteiger partial charge in [-0.1, -0.05) is 0 Å².